The summed E-state index contributed by atoms with van der Waals surface area (Å²) in [5.41, 5.74) is -0.0679. The predicted octanol–water partition coefficient (Wildman–Crippen LogP) is 3.77. The van der Waals surface area contributed by atoms with E-state index in [-0.39, 0.29) is 5.60 Å². The van der Waals surface area contributed by atoms with Gasteiger partial charge in [0.15, 0.2) is 0 Å². The lowest BCUT2D eigenvalue weighted by Crippen LogP contribution is -2.46. The lowest BCUT2D eigenvalue weighted by Gasteiger charge is -2.44. The first-order valence-electron chi connectivity index (χ1n) is 8.88. The predicted molar refractivity (Wildman–Crippen MR) is 90.2 cm³/mol. The third kappa shape index (κ3) is 3.30. The lowest BCUT2D eigenvalue weighted by molar-refractivity contribution is 0.0895. The minimum Gasteiger partial charge on any atom is -0.175 e. The maximum atomic E-state index is 6.97. The van der Waals surface area contributed by atoms with Crippen molar-refractivity contribution in [2.45, 2.75) is 64.9 Å². The van der Waals surface area contributed by atoms with Crippen molar-refractivity contribution >= 4 is 7.94 Å². The highest BCUT2D eigenvalue weighted by molar-refractivity contribution is 7.64. The fourth-order valence-corrected chi connectivity index (χ4v) is 8.53. The number of hydrogen-bond donors (Lipinski definition) is 0. The van der Waals surface area contributed by atoms with Gasteiger partial charge in [0.1, 0.15) is 5.60 Å². The standard InChI is InChI=1S/C16H33N3OP/c1-16(2,3)20-21(17-10-4-5-11-17,18-12-6-7-13-18)19-14-8-9-15-19/h4-15H2,1-3H3/q+1. The minimum absolute atomic E-state index is 0.0679. The van der Waals surface area contributed by atoms with Crippen molar-refractivity contribution in [2.24, 2.45) is 0 Å². The molecule has 0 aromatic carbocycles. The van der Waals surface area contributed by atoms with Crippen molar-refractivity contribution in [3.05, 3.63) is 0 Å². The fraction of sp³-hybridized carbons (Fsp3) is 1.00. The molecule has 0 saturated carbocycles. The molecule has 3 aliphatic rings. The van der Waals surface area contributed by atoms with Gasteiger partial charge in [0.2, 0.25) is 0 Å². The van der Waals surface area contributed by atoms with Crippen molar-refractivity contribution in [3.63, 3.8) is 0 Å². The first-order chi connectivity index (χ1) is 10.0. The van der Waals surface area contributed by atoms with E-state index in [1.807, 2.05) is 0 Å². The van der Waals surface area contributed by atoms with Crippen molar-refractivity contribution in [1.82, 2.24) is 14.0 Å². The zero-order valence-electron chi connectivity index (χ0n) is 14.2. The molecule has 0 radical (unpaired) electrons. The Hall–Kier alpha value is 0.270. The van der Waals surface area contributed by atoms with Crippen LogP contribution in [-0.4, -0.2) is 58.9 Å². The van der Waals surface area contributed by atoms with E-state index in [0.29, 0.717) is 0 Å². The summed E-state index contributed by atoms with van der Waals surface area (Å²) in [4.78, 5) is 0. The summed E-state index contributed by atoms with van der Waals surface area (Å²) in [6.45, 7) is 14.1. The van der Waals surface area contributed by atoms with E-state index in [1.54, 1.807) is 0 Å². The molecule has 0 aromatic rings. The Morgan fingerprint density at radius 2 is 0.905 bits per heavy atom. The molecule has 0 amide bonds. The minimum atomic E-state index is -1.76. The molecule has 3 heterocycles. The Kier molecular flexibility index (Phi) is 4.93. The number of nitrogens with zero attached hydrogens (tertiary/aromatic N) is 3. The highest BCUT2D eigenvalue weighted by atomic mass is 31.2. The van der Waals surface area contributed by atoms with E-state index in [4.69, 9.17) is 4.52 Å². The van der Waals surface area contributed by atoms with Gasteiger partial charge in [-0.25, -0.2) is 0 Å². The molecule has 5 heteroatoms. The maximum absolute atomic E-state index is 6.97. The van der Waals surface area contributed by atoms with Crippen LogP contribution in [0, 0.1) is 0 Å². The Labute approximate surface area is 131 Å². The van der Waals surface area contributed by atoms with E-state index in [1.165, 1.54) is 77.8 Å². The molecule has 3 rings (SSSR count). The second-order valence-electron chi connectivity index (χ2n) is 7.70. The summed E-state index contributed by atoms with van der Waals surface area (Å²) in [6.07, 6.45) is 8.07. The molecule has 0 bridgehead atoms. The molecule has 4 nitrogen and oxygen atoms in total. The van der Waals surface area contributed by atoms with Crippen LogP contribution in [0.5, 0.6) is 0 Å². The van der Waals surface area contributed by atoms with Crippen molar-refractivity contribution in [3.8, 4) is 0 Å². The summed E-state index contributed by atoms with van der Waals surface area (Å²) in [5.74, 6) is 0. The molecule has 21 heavy (non-hydrogen) atoms. The normalized spacial score (nSPS) is 27.0. The Balaban J connectivity index is 1.94. The summed E-state index contributed by atoms with van der Waals surface area (Å²) >= 11 is 0. The quantitative estimate of drug-likeness (QED) is 0.735. The number of hydrogen-bond acceptors (Lipinski definition) is 4. The van der Waals surface area contributed by atoms with Crippen LogP contribution < -0.4 is 0 Å². The molecule has 0 unspecified atom stereocenters. The first kappa shape index (κ1) is 16.1. The van der Waals surface area contributed by atoms with Gasteiger partial charge < -0.3 is 0 Å². The molecule has 3 aliphatic heterocycles. The van der Waals surface area contributed by atoms with Gasteiger partial charge in [0.05, 0.1) is 0 Å². The SMILES string of the molecule is CC(C)(C)O[P+](N1CCCC1)(N1CCCC1)N1CCCC1. The zero-order chi connectivity index (χ0) is 14.9. The fourth-order valence-electron chi connectivity index (χ4n) is 3.96. The van der Waals surface area contributed by atoms with Gasteiger partial charge >= 0.3 is 7.94 Å². The summed E-state index contributed by atoms with van der Waals surface area (Å²) in [6, 6.07) is 0. The average molecular weight is 314 g/mol. The van der Waals surface area contributed by atoms with Gasteiger partial charge in [-0.2, -0.15) is 4.52 Å². The van der Waals surface area contributed by atoms with Crippen LogP contribution in [0.3, 0.4) is 0 Å². The molecular formula is C16H33N3OP+. The van der Waals surface area contributed by atoms with E-state index in [2.05, 4.69) is 34.8 Å². The molecule has 3 fully saturated rings. The monoisotopic (exact) mass is 314 g/mol. The maximum Gasteiger partial charge on any atom is 0.371 e. The van der Waals surface area contributed by atoms with E-state index in [0.717, 1.165) is 0 Å². The molecular weight excluding hydrogens is 281 g/mol. The molecule has 3 saturated heterocycles. The van der Waals surface area contributed by atoms with E-state index in [9.17, 15) is 0 Å². The third-order valence-corrected chi connectivity index (χ3v) is 8.95. The van der Waals surface area contributed by atoms with Crippen LogP contribution >= 0.6 is 7.94 Å². The van der Waals surface area contributed by atoms with Gasteiger partial charge in [-0.3, -0.25) is 0 Å². The topological polar surface area (TPSA) is 19.0 Å². The third-order valence-electron chi connectivity index (χ3n) is 4.75. The Bertz CT molecular complexity index is 299. The van der Waals surface area contributed by atoms with Crippen LogP contribution in [0.4, 0.5) is 0 Å². The van der Waals surface area contributed by atoms with Crippen LogP contribution in [0.25, 0.3) is 0 Å². The van der Waals surface area contributed by atoms with Crippen LogP contribution in [-0.2, 0) is 4.52 Å². The van der Waals surface area contributed by atoms with Gasteiger partial charge in [-0.15, -0.1) is 14.0 Å². The van der Waals surface area contributed by atoms with Gasteiger partial charge in [-0.05, 0) is 59.3 Å². The van der Waals surface area contributed by atoms with E-state index < -0.39 is 7.94 Å². The average Bonchev–Trinajstić information content (AvgIpc) is 3.15. The molecule has 0 aliphatic carbocycles. The van der Waals surface area contributed by atoms with Crippen LogP contribution in [0.1, 0.15) is 59.3 Å². The van der Waals surface area contributed by atoms with Gasteiger partial charge in [0, 0.05) is 39.3 Å². The summed E-state index contributed by atoms with van der Waals surface area (Å²) in [5, 5.41) is 0. The van der Waals surface area contributed by atoms with Crippen molar-refractivity contribution in [1.29, 1.82) is 0 Å². The Morgan fingerprint density at radius 1 is 0.619 bits per heavy atom. The molecule has 122 valence electrons. The summed E-state index contributed by atoms with van der Waals surface area (Å²) in [7, 11) is -1.76. The smallest absolute Gasteiger partial charge is 0.175 e. The van der Waals surface area contributed by atoms with Crippen LogP contribution in [0.15, 0.2) is 0 Å². The molecule has 0 N–H and O–H groups in total. The largest absolute Gasteiger partial charge is 0.371 e. The van der Waals surface area contributed by atoms with Gasteiger partial charge in [-0.1, -0.05) is 0 Å². The summed E-state index contributed by atoms with van der Waals surface area (Å²) < 4.78 is 15.2. The van der Waals surface area contributed by atoms with Crippen molar-refractivity contribution in [2.75, 3.05) is 39.3 Å². The molecule has 0 spiro atoms. The Morgan fingerprint density at radius 3 is 1.14 bits per heavy atom. The second kappa shape index (κ2) is 6.41. The second-order valence-corrected chi connectivity index (χ2v) is 10.6. The van der Waals surface area contributed by atoms with E-state index >= 15 is 0 Å². The highest BCUT2D eigenvalue weighted by Gasteiger charge is 2.62. The lowest BCUT2D eigenvalue weighted by atomic mass is 10.2. The van der Waals surface area contributed by atoms with Crippen molar-refractivity contribution < 1.29 is 4.52 Å². The molecule has 0 aromatic heterocycles. The first-order valence-corrected chi connectivity index (χ1v) is 10.4. The van der Waals surface area contributed by atoms with Gasteiger partial charge in [0.25, 0.3) is 0 Å². The highest BCUT2D eigenvalue weighted by Crippen LogP contribution is 2.72. The number of rotatable bonds is 4. The molecule has 0 atom stereocenters. The zero-order valence-corrected chi connectivity index (χ0v) is 15.1. The van der Waals surface area contributed by atoms with Crippen LogP contribution in [0.2, 0.25) is 0 Å².